The van der Waals surface area contributed by atoms with Crippen LogP contribution in [0.1, 0.15) is 21.5 Å². The van der Waals surface area contributed by atoms with Crippen molar-refractivity contribution in [3.8, 4) is 0 Å². The smallest absolute Gasteiger partial charge is 0.251 e. The van der Waals surface area contributed by atoms with E-state index in [4.69, 9.17) is 5.73 Å². The van der Waals surface area contributed by atoms with Crippen molar-refractivity contribution in [2.45, 2.75) is 13.1 Å². The first-order valence-electron chi connectivity index (χ1n) is 8.71. The van der Waals surface area contributed by atoms with Crippen molar-refractivity contribution in [1.29, 1.82) is 0 Å². The molecule has 9 heteroatoms. The zero-order valence-corrected chi connectivity index (χ0v) is 20.2. The van der Waals surface area contributed by atoms with E-state index in [1.54, 1.807) is 19.2 Å². The fourth-order valence-corrected chi connectivity index (χ4v) is 2.98. The first kappa shape index (κ1) is 24.9. The molecule has 0 aliphatic rings. The topological polar surface area (TPSA) is 99.8 Å². The highest BCUT2D eigenvalue weighted by Crippen LogP contribution is 2.17. The van der Waals surface area contributed by atoms with Crippen LogP contribution in [0.25, 0.3) is 0 Å². The lowest BCUT2D eigenvalue weighted by Crippen LogP contribution is -2.38. The van der Waals surface area contributed by atoms with Crippen molar-refractivity contribution in [1.82, 2.24) is 15.5 Å². The van der Waals surface area contributed by atoms with Crippen LogP contribution in [0.15, 0.2) is 58.0 Å². The fraction of sp³-hybridized carbons (Fsp3) is 0.250. The quantitative estimate of drug-likeness (QED) is 0.269. The largest absolute Gasteiger partial charge is 0.368 e. The predicted octanol–water partition coefficient (Wildman–Crippen LogP) is 2.49. The van der Waals surface area contributed by atoms with Gasteiger partial charge in [0.05, 0.1) is 6.54 Å². The summed E-state index contributed by atoms with van der Waals surface area (Å²) >= 11 is 3.56. The van der Waals surface area contributed by atoms with Gasteiger partial charge in [-0.1, -0.05) is 46.3 Å². The van der Waals surface area contributed by atoms with Gasteiger partial charge in [-0.05, 0) is 29.3 Å². The van der Waals surface area contributed by atoms with Crippen LogP contribution < -0.4 is 16.4 Å². The number of rotatable bonds is 7. The van der Waals surface area contributed by atoms with E-state index in [0.29, 0.717) is 18.7 Å². The van der Waals surface area contributed by atoms with Gasteiger partial charge in [0.25, 0.3) is 5.91 Å². The Morgan fingerprint density at radius 1 is 1.10 bits per heavy atom. The molecule has 0 radical (unpaired) electrons. The van der Waals surface area contributed by atoms with Gasteiger partial charge in [0.2, 0.25) is 5.91 Å². The second-order valence-electron chi connectivity index (χ2n) is 6.19. The second kappa shape index (κ2) is 12.4. The number of nitrogens with zero attached hydrogens (tertiary/aromatic N) is 2. The van der Waals surface area contributed by atoms with E-state index in [1.807, 2.05) is 42.3 Å². The number of carbonyl (C=O) groups is 2. The molecule has 2 aromatic rings. The molecule has 0 aliphatic carbocycles. The Balaban J connectivity index is 0.00000420. The van der Waals surface area contributed by atoms with Crippen LogP contribution in [0.2, 0.25) is 0 Å². The van der Waals surface area contributed by atoms with Crippen LogP contribution >= 0.6 is 39.9 Å². The zero-order chi connectivity index (χ0) is 20.5. The summed E-state index contributed by atoms with van der Waals surface area (Å²) in [4.78, 5) is 29.0. The minimum Gasteiger partial charge on any atom is -0.368 e. The van der Waals surface area contributed by atoms with Crippen molar-refractivity contribution < 1.29 is 9.59 Å². The van der Waals surface area contributed by atoms with Gasteiger partial charge >= 0.3 is 0 Å². The summed E-state index contributed by atoms with van der Waals surface area (Å²) in [6, 6.07) is 15.2. The van der Waals surface area contributed by atoms with Crippen LogP contribution in [0.3, 0.4) is 0 Å². The molecule has 29 heavy (non-hydrogen) atoms. The molecule has 0 spiro atoms. The third-order valence-electron chi connectivity index (χ3n) is 4.03. The maximum absolute atomic E-state index is 11.9. The average Bonchev–Trinajstić information content (AvgIpc) is 2.68. The SMILES string of the molecule is CN=C(NCc1ccc(C(=O)NCC(N)=O)cc1)N(C)Cc1ccccc1Br.I. The van der Waals surface area contributed by atoms with Crippen molar-refractivity contribution in [3.05, 3.63) is 69.7 Å². The number of benzene rings is 2. The minimum atomic E-state index is -0.577. The van der Waals surface area contributed by atoms with Crippen LogP contribution in [0.5, 0.6) is 0 Å². The number of hydrogen-bond donors (Lipinski definition) is 3. The minimum absolute atomic E-state index is 0. The maximum atomic E-state index is 11.9. The van der Waals surface area contributed by atoms with Crippen molar-refractivity contribution in [3.63, 3.8) is 0 Å². The van der Waals surface area contributed by atoms with Gasteiger partial charge in [0, 0.05) is 37.2 Å². The number of nitrogens with one attached hydrogen (secondary N) is 2. The molecule has 2 rings (SSSR count). The van der Waals surface area contributed by atoms with E-state index >= 15 is 0 Å². The number of guanidine groups is 1. The molecule has 0 unspecified atom stereocenters. The second-order valence-corrected chi connectivity index (χ2v) is 7.05. The molecule has 4 N–H and O–H groups in total. The summed E-state index contributed by atoms with van der Waals surface area (Å²) in [6.45, 7) is 1.10. The molecule has 0 heterocycles. The number of amides is 2. The van der Waals surface area contributed by atoms with Crippen LogP contribution in [0, 0.1) is 0 Å². The maximum Gasteiger partial charge on any atom is 0.251 e. The van der Waals surface area contributed by atoms with E-state index in [2.05, 4.69) is 37.6 Å². The van der Waals surface area contributed by atoms with Gasteiger partial charge < -0.3 is 21.3 Å². The third-order valence-corrected chi connectivity index (χ3v) is 4.80. The molecule has 2 aromatic carbocycles. The Morgan fingerprint density at radius 2 is 1.76 bits per heavy atom. The Hall–Kier alpha value is -2.14. The third kappa shape index (κ3) is 8.01. The first-order chi connectivity index (χ1) is 13.4. The first-order valence-corrected chi connectivity index (χ1v) is 9.50. The zero-order valence-electron chi connectivity index (χ0n) is 16.3. The summed E-state index contributed by atoms with van der Waals surface area (Å²) in [5, 5.41) is 5.77. The monoisotopic (exact) mass is 573 g/mol. The lowest BCUT2D eigenvalue weighted by atomic mass is 10.1. The molecule has 0 aliphatic heterocycles. The van der Waals surface area contributed by atoms with E-state index in [-0.39, 0.29) is 36.4 Å². The van der Waals surface area contributed by atoms with Gasteiger partial charge in [0.15, 0.2) is 5.96 Å². The Bertz CT molecular complexity index is 858. The Morgan fingerprint density at radius 3 is 2.34 bits per heavy atom. The van der Waals surface area contributed by atoms with Gasteiger partial charge in [-0.15, -0.1) is 24.0 Å². The van der Waals surface area contributed by atoms with Crippen molar-refractivity contribution in [2.24, 2.45) is 10.7 Å². The average molecular weight is 574 g/mol. The Labute approximate surface area is 196 Å². The molecule has 156 valence electrons. The summed E-state index contributed by atoms with van der Waals surface area (Å²) in [7, 11) is 3.71. The molecule has 0 fully saturated rings. The molecule has 0 saturated carbocycles. The summed E-state index contributed by atoms with van der Waals surface area (Å²) < 4.78 is 1.06. The molecule has 0 atom stereocenters. The molecule has 2 amide bonds. The highest BCUT2D eigenvalue weighted by molar-refractivity contribution is 14.0. The molecule has 0 aromatic heterocycles. The van der Waals surface area contributed by atoms with Crippen molar-refractivity contribution >= 4 is 57.7 Å². The number of halogens is 2. The number of hydrogen-bond acceptors (Lipinski definition) is 3. The van der Waals surface area contributed by atoms with Gasteiger partial charge in [-0.25, -0.2) is 0 Å². The van der Waals surface area contributed by atoms with Crippen LogP contribution in [0.4, 0.5) is 0 Å². The predicted molar refractivity (Wildman–Crippen MR) is 129 cm³/mol. The number of nitrogens with two attached hydrogens (primary N) is 1. The molecule has 0 saturated heterocycles. The fourth-order valence-electron chi connectivity index (χ4n) is 2.57. The summed E-state index contributed by atoms with van der Waals surface area (Å²) in [5.41, 5.74) is 7.67. The van der Waals surface area contributed by atoms with Gasteiger partial charge in [-0.3, -0.25) is 14.6 Å². The van der Waals surface area contributed by atoms with E-state index < -0.39 is 5.91 Å². The Kier molecular flexibility index (Phi) is 10.7. The van der Waals surface area contributed by atoms with E-state index in [0.717, 1.165) is 16.0 Å². The number of aliphatic imine (C=N–C) groups is 1. The highest BCUT2D eigenvalue weighted by Gasteiger charge is 2.09. The van der Waals surface area contributed by atoms with Crippen LogP contribution in [-0.4, -0.2) is 43.3 Å². The number of primary amides is 1. The molecule has 7 nitrogen and oxygen atoms in total. The molecule has 0 bridgehead atoms. The molecular weight excluding hydrogens is 549 g/mol. The normalized spacial score (nSPS) is 10.7. The lowest BCUT2D eigenvalue weighted by molar-refractivity contribution is -0.117. The van der Waals surface area contributed by atoms with Crippen molar-refractivity contribution in [2.75, 3.05) is 20.6 Å². The lowest BCUT2D eigenvalue weighted by Gasteiger charge is -2.22. The van der Waals surface area contributed by atoms with E-state index in [9.17, 15) is 9.59 Å². The van der Waals surface area contributed by atoms with Gasteiger partial charge in [0.1, 0.15) is 0 Å². The highest BCUT2D eigenvalue weighted by atomic mass is 127. The van der Waals surface area contributed by atoms with Crippen LogP contribution in [-0.2, 0) is 17.9 Å². The standard InChI is InChI=1S/C20H24BrN5O2.HI/c1-23-20(26(2)13-16-5-3-4-6-17(16)21)25-11-14-7-9-15(10-8-14)19(28)24-12-18(22)27;/h3-10H,11-13H2,1-2H3,(H2,22,27)(H,23,25)(H,24,28);1H. The van der Waals surface area contributed by atoms with E-state index in [1.165, 1.54) is 5.56 Å². The summed E-state index contributed by atoms with van der Waals surface area (Å²) in [5.74, 6) is -0.145. The molecular formula is C20H25BrIN5O2. The summed E-state index contributed by atoms with van der Waals surface area (Å²) in [6.07, 6.45) is 0. The number of carbonyl (C=O) groups excluding carboxylic acids is 2. The van der Waals surface area contributed by atoms with Gasteiger partial charge in [-0.2, -0.15) is 0 Å².